The molecule has 1 saturated carbocycles. The van der Waals surface area contributed by atoms with Gasteiger partial charge in [-0.3, -0.25) is 4.79 Å². The summed E-state index contributed by atoms with van der Waals surface area (Å²) in [6.07, 6.45) is 2.69. The first-order chi connectivity index (χ1) is 9.99. The zero-order chi connectivity index (χ0) is 15.4. The van der Waals surface area contributed by atoms with Gasteiger partial charge in [0.05, 0.1) is 16.8 Å². The van der Waals surface area contributed by atoms with E-state index in [9.17, 15) is 4.79 Å². The molecule has 1 aliphatic carbocycles. The van der Waals surface area contributed by atoms with Gasteiger partial charge in [0.1, 0.15) is 4.99 Å². The Morgan fingerprint density at radius 3 is 2.86 bits per heavy atom. The number of carbonyl (C=O) groups excluding carboxylic acids is 1. The van der Waals surface area contributed by atoms with E-state index < -0.39 is 0 Å². The highest BCUT2D eigenvalue weighted by Gasteiger charge is 2.31. The van der Waals surface area contributed by atoms with E-state index in [0.29, 0.717) is 34.7 Å². The Hall–Kier alpha value is -1.17. The maximum atomic E-state index is 12.0. The van der Waals surface area contributed by atoms with Gasteiger partial charge >= 0.3 is 0 Å². The van der Waals surface area contributed by atoms with Gasteiger partial charge in [0.2, 0.25) is 5.91 Å². The summed E-state index contributed by atoms with van der Waals surface area (Å²) in [7, 11) is 0. The van der Waals surface area contributed by atoms with Crippen molar-refractivity contribution in [2.45, 2.75) is 32.3 Å². The molecular formula is C15H19ClN2O2S. The third-order valence-electron chi connectivity index (χ3n) is 3.59. The smallest absolute Gasteiger partial charge is 0.224 e. The van der Waals surface area contributed by atoms with Gasteiger partial charge in [-0.15, -0.1) is 0 Å². The lowest BCUT2D eigenvalue weighted by molar-refractivity contribution is -0.119. The summed E-state index contributed by atoms with van der Waals surface area (Å²) in [6.45, 7) is 2.71. The number of nitrogens with one attached hydrogen (secondary N) is 1. The van der Waals surface area contributed by atoms with Crippen LogP contribution in [0, 0.1) is 5.92 Å². The zero-order valence-electron chi connectivity index (χ0n) is 11.9. The zero-order valence-corrected chi connectivity index (χ0v) is 13.5. The molecule has 2 rings (SSSR count). The largest absolute Gasteiger partial charge is 0.389 e. The topological polar surface area (TPSA) is 64.3 Å². The molecule has 0 bridgehead atoms. The van der Waals surface area contributed by atoms with E-state index >= 15 is 0 Å². The number of hydrogen-bond donors (Lipinski definition) is 2. The second-order valence-electron chi connectivity index (χ2n) is 5.23. The first-order valence-corrected chi connectivity index (χ1v) is 7.79. The maximum absolute atomic E-state index is 12.0. The Balaban J connectivity index is 1.88. The van der Waals surface area contributed by atoms with Crippen LogP contribution < -0.4 is 11.1 Å². The van der Waals surface area contributed by atoms with Gasteiger partial charge in [0.15, 0.2) is 0 Å². The predicted octanol–water partition coefficient (Wildman–Crippen LogP) is 3.12. The van der Waals surface area contributed by atoms with Crippen LogP contribution in [0.4, 0.5) is 5.69 Å². The molecule has 0 spiro atoms. The SMILES string of the molecule is CCOC1CC(CC(=O)Nc2cc(C(N)=S)ccc2Cl)C1. The monoisotopic (exact) mass is 326 g/mol. The van der Waals surface area contributed by atoms with E-state index in [1.165, 1.54) is 0 Å². The molecule has 114 valence electrons. The minimum atomic E-state index is -0.0445. The van der Waals surface area contributed by atoms with E-state index in [1.54, 1.807) is 18.2 Å². The lowest BCUT2D eigenvalue weighted by Gasteiger charge is -2.34. The number of amides is 1. The molecule has 0 unspecified atom stereocenters. The fourth-order valence-corrected chi connectivity index (χ4v) is 2.74. The highest BCUT2D eigenvalue weighted by atomic mass is 35.5. The number of ether oxygens (including phenoxy) is 1. The molecule has 1 aromatic carbocycles. The fraction of sp³-hybridized carbons (Fsp3) is 0.467. The molecule has 0 aromatic heterocycles. The van der Waals surface area contributed by atoms with Crippen LogP contribution >= 0.6 is 23.8 Å². The van der Waals surface area contributed by atoms with Crippen molar-refractivity contribution in [2.24, 2.45) is 11.7 Å². The quantitative estimate of drug-likeness (QED) is 0.788. The van der Waals surface area contributed by atoms with Crippen molar-refractivity contribution >= 4 is 40.4 Å². The second kappa shape index (κ2) is 7.20. The number of benzene rings is 1. The third-order valence-corrected chi connectivity index (χ3v) is 4.16. The Morgan fingerprint density at radius 1 is 1.52 bits per heavy atom. The van der Waals surface area contributed by atoms with Crippen molar-refractivity contribution in [3.05, 3.63) is 28.8 Å². The molecule has 1 fully saturated rings. The maximum Gasteiger partial charge on any atom is 0.224 e. The van der Waals surface area contributed by atoms with Crippen molar-refractivity contribution in [3.8, 4) is 0 Å². The number of carbonyl (C=O) groups is 1. The first kappa shape index (κ1) is 16.2. The van der Waals surface area contributed by atoms with Gasteiger partial charge in [0.25, 0.3) is 0 Å². The van der Waals surface area contributed by atoms with Crippen molar-refractivity contribution in [1.82, 2.24) is 0 Å². The number of nitrogens with two attached hydrogens (primary N) is 1. The molecule has 6 heteroatoms. The fourth-order valence-electron chi connectivity index (χ4n) is 2.45. The van der Waals surface area contributed by atoms with Gasteiger partial charge in [-0.25, -0.2) is 0 Å². The van der Waals surface area contributed by atoms with Crippen molar-refractivity contribution in [3.63, 3.8) is 0 Å². The number of halogens is 1. The summed E-state index contributed by atoms with van der Waals surface area (Å²) >= 11 is 11.0. The van der Waals surface area contributed by atoms with Gasteiger partial charge in [-0.2, -0.15) is 0 Å². The summed E-state index contributed by atoms with van der Waals surface area (Å²) in [6, 6.07) is 5.12. The number of anilines is 1. The molecule has 0 heterocycles. The van der Waals surface area contributed by atoms with Crippen LogP contribution in [-0.2, 0) is 9.53 Å². The number of hydrogen-bond acceptors (Lipinski definition) is 3. The lowest BCUT2D eigenvalue weighted by atomic mass is 9.80. The van der Waals surface area contributed by atoms with E-state index in [0.717, 1.165) is 19.4 Å². The molecule has 3 N–H and O–H groups in total. The summed E-state index contributed by atoms with van der Waals surface area (Å²) in [4.78, 5) is 12.3. The van der Waals surface area contributed by atoms with Gasteiger partial charge in [-0.05, 0) is 37.8 Å². The van der Waals surface area contributed by atoms with Crippen molar-refractivity contribution in [2.75, 3.05) is 11.9 Å². The minimum Gasteiger partial charge on any atom is -0.389 e. The Bertz CT molecular complexity index is 544. The Labute approximate surface area is 135 Å². The minimum absolute atomic E-state index is 0.0445. The number of rotatable bonds is 6. The molecule has 0 atom stereocenters. The van der Waals surface area contributed by atoms with Crippen molar-refractivity contribution in [1.29, 1.82) is 0 Å². The van der Waals surface area contributed by atoms with E-state index in [-0.39, 0.29) is 10.9 Å². The van der Waals surface area contributed by atoms with E-state index in [2.05, 4.69) is 5.32 Å². The third kappa shape index (κ3) is 4.40. The Morgan fingerprint density at radius 2 is 2.24 bits per heavy atom. The normalized spacial score (nSPS) is 20.7. The Kier molecular flexibility index (Phi) is 5.56. The predicted molar refractivity (Wildman–Crippen MR) is 88.7 cm³/mol. The van der Waals surface area contributed by atoms with Gasteiger partial charge < -0.3 is 15.8 Å². The van der Waals surface area contributed by atoms with Crippen LogP contribution in [0.2, 0.25) is 5.02 Å². The molecule has 1 aliphatic rings. The van der Waals surface area contributed by atoms with Crippen LogP contribution in [0.25, 0.3) is 0 Å². The summed E-state index contributed by atoms with van der Waals surface area (Å²) in [5.41, 5.74) is 6.81. The number of thiocarbonyl (C=S) groups is 1. The van der Waals surface area contributed by atoms with Crippen LogP contribution in [0.1, 0.15) is 31.7 Å². The molecule has 21 heavy (non-hydrogen) atoms. The van der Waals surface area contributed by atoms with Crippen LogP contribution in [0.3, 0.4) is 0 Å². The summed E-state index contributed by atoms with van der Waals surface area (Å²) in [5, 5.41) is 3.30. The average Bonchev–Trinajstić information content (AvgIpc) is 2.38. The van der Waals surface area contributed by atoms with Crippen LogP contribution in [0.15, 0.2) is 18.2 Å². The molecule has 0 radical (unpaired) electrons. The van der Waals surface area contributed by atoms with Gasteiger partial charge in [-0.1, -0.05) is 29.9 Å². The molecule has 1 amide bonds. The van der Waals surface area contributed by atoms with E-state index in [1.807, 2.05) is 6.92 Å². The van der Waals surface area contributed by atoms with Crippen LogP contribution in [0.5, 0.6) is 0 Å². The highest BCUT2D eigenvalue weighted by molar-refractivity contribution is 7.80. The summed E-state index contributed by atoms with van der Waals surface area (Å²) < 4.78 is 5.49. The van der Waals surface area contributed by atoms with Crippen LogP contribution in [-0.4, -0.2) is 23.6 Å². The molecular weight excluding hydrogens is 308 g/mol. The molecule has 0 aliphatic heterocycles. The lowest BCUT2D eigenvalue weighted by Crippen LogP contribution is -2.33. The van der Waals surface area contributed by atoms with E-state index in [4.69, 9.17) is 34.3 Å². The molecule has 4 nitrogen and oxygen atoms in total. The van der Waals surface area contributed by atoms with Crippen molar-refractivity contribution < 1.29 is 9.53 Å². The first-order valence-electron chi connectivity index (χ1n) is 7.00. The molecule has 1 aromatic rings. The molecule has 0 saturated heterocycles. The second-order valence-corrected chi connectivity index (χ2v) is 6.07. The average molecular weight is 327 g/mol. The summed E-state index contributed by atoms with van der Waals surface area (Å²) in [5.74, 6) is 0.344. The van der Waals surface area contributed by atoms with Gasteiger partial charge in [0, 0.05) is 18.6 Å². The standard InChI is InChI=1S/C15H19ClN2O2S/c1-2-20-11-5-9(6-11)7-14(19)18-13-8-10(15(17)21)3-4-12(13)16/h3-4,8-9,11H,2,5-7H2,1H3,(H2,17,21)(H,18,19). The highest BCUT2D eigenvalue weighted by Crippen LogP contribution is 2.33.